The van der Waals surface area contributed by atoms with Gasteiger partial charge in [-0.15, -0.1) is 5.10 Å². The van der Waals surface area contributed by atoms with Crippen molar-refractivity contribution in [2.24, 2.45) is 11.7 Å². The molecule has 0 unspecified atom stereocenters. The summed E-state index contributed by atoms with van der Waals surface area (Å²) in [5.41, 5.74) is 9.32. The molecule has 5 heteroatoms. The summed E-state index contributed by atoms with van der Waals surface area (Å²) >= 11 is 0. The summed E-state index contributed by atoms with van der Waals surface area (Å²) in [5, 5.41) is 7.48. The monoisotopic (exact) mass is 285 g/mol. The second-order valence-corrected chi connectivity index (χ2v) is 5.97. The molecule has 0 saturated carbocycles. The second-order valence-electron chi connectivity index (χ2n) is 5.97. The summed E-state index contributed by atoms with van der Waals surface area (Å²) in [4.78, 5) is 6.93. The van der Waals surface area contributed by atoms with Gasteiger partial charge in [0.15, 0.2) is 5.82 Å². The number of anilines is 1. The van der Waals surface area contributed by atoms with Gasteiger partial charge < -0.3 is 10.6 Å². The summed E-state index contributed by atoms with van der Waals surface area (Å²) < 4.78 is 0. The van der Waals surface area contributed by atoms with Gasteiger partial charge in [-0.25, -0.2) is 0 Å². The van der Waals surface area contributed by atoms with Crippen LogP contribution in [0.4, 0.5) is 5.95 Å². The minimum absolute atomic E-state index is 0.652. The molecule has 0 amide bonds. The third kappa shape index (κ3) is 2.93. The Morgan fingerprint density at radius 2 is 2.05 bits per heavy atom. The fourth-order valence-electron chi connectivity index (χ4n) is 2.87. The molecule has 0 atom stereocenters. The maximum Gasteiger partial charge on any atom is 0.245 e. The number of H-pyrrole nitrogens is 1. The molecule has 2 aromatic rings. The second kappa shape index (κ2) is 5.85. The van der Waals surface area contributed by atoms with Crippen LogP contribution in [0.3, 0.4) is 0 Å². The molecule has 0 aliphatic carbocycles. The van der Waals surface area contributed by atoms with Gasteiger partial charge >= 0.3 is 0 Å². The highest BCUT2D eigenvalue weighted by atomic mass is 15.4. The maximum atomic E-state index is 5.74. The number of nitrogens with one attached hydrogen (secondary N) is 1. The molecule has 21 heavy (non-hydrogen) atoms. The van der Waals surface area contributed by atoms with Crippen LogP contribution in [0.15, 0.2) is 18.2 Å². The largest absolute Gasteiger partial charge is 0.340 e. The number of nitrogens with zero attached hydrogens (tertiary/aromatic N) is 3. The number of aromatic nitrogens is 3. The van der Waals surface area contributed by atoms with Gasteiger partial charge in [-0.05, 0) is 50.8 Å². The Bertz CT molecular complexity index is 611. The first-order valence-electron chi connectivity index (χ1n) is 7.62. The van der Waals surface area contributed by atoms with Crippen molar-refractivity contribution in [3.05, 3.63) is 29.3 Å². The lowest BCUT2D eigenvalue weighted by Gasteiger charge is -2.30. The van der Waals surface area contributed by atoms with Crippen molar-refractivity contribution in [1.82, 2.24) is 15.2 Å². The van der Waals surface area contributed by atoms with Crippen molar-refractivity contribution >= 4 is 5.95 Å². The zero-order valence-electron chi connectivity index (χ0n) is 12.8. The van der Waals surface area contributed by atoms with E-state index in [0.717, 1.165) is 49.8 Å². The van der Waals surface area contributed by atoms with Gasteiger partial charge in [0.05, 0.1) is 0 Å². The van der Waals surface area contributed by atoms with E-state index in [1.807, 2.05) is 0 Å². The van der Waals surface area contributed by atoms with Crippen LogP contribution < -0.4 is 10.6 Å². The molecule has 1 aliphatic heterocycles. The van der Waals surface area contributed by atoms with Gasteiger partial charge in [0.25, 0.3) is 0 Å². The number of rotatable bonds is 3. The highest BCUT2D eigenvalue weighted by molar-refractivity contribution is 5.62. The highest BCUT2D eigenvalue weighted by Gasteiger charge is 2.21. The quantitative estimate of drug-likeness (QED) is 0.907. The molecule has 1 aliphatic rings. The Labute approximate surface area is 125 Å². The summed E-state index contributed by atoms with van der Waals surface area (Å²) in [6, 6.07) is 6.40. The lowest BCUT2D eigenvalue weighted by atomic mass is 9.97. The Balaban J connectivity index is 1.79. The minimum atomic E-state index is 0.652. The van der Waals surface area contributed by atoms with E-state index < -0.39 is 0 Å². The van der Waals surface area contributed by atoms with Gasteiger partial charge in [-0.3, -0.25) is 5.10 Å². The van der Waals surface area contributed by atoms with Gasteiger partial charge in [0.1, 0.15) is 0 Å². The van der Waals surface area contributed by atoms with Crippen LogP contribution in [0.1, 0.15) is 24.0 Å². The first-order valence-corrected chi connectivity index (χ1v) is 7.62. The average Bonchev–Trinajstić information content (AvgIpc) is 2.99. The Hall–Kier alpha value is -1.88. The molecule has 1 aromatic carbocycles. The van der Waals surface area contributed by atoms with Gasteiger partial charge in [0.2, 0.25) is 5.95 Å². The molecular weight excluding hydrogens is 262 g/mol. The number of benzene rings is 1. The normalized spacial score (nSPS) is 16.4. The fraction of sp³-hybridized carbons (Fsp3) is 0.500. The summed E-state index contributed by atoms with van der Waals surface area (Å²) in [5.74, 6) is 2.31. The molecule has 0 spiro atoms. The number of aromatic amines is 1. The molecule has 1 fully saturated rings. The van der Waals surface area contributed by atoms with Crippen LogP contribution in [-0.2, 0) is 0 Å². The molecule has 1 saturated heterocycles. The van der Waals surface area contributed by atoms with Crippen LogP contribution >= 0.6 is 0 Å². The Kier molecular flexibility index (Phi) is 3.92. The van der Waals surface area contributed by atoms with E-state index in [0.29, 0.717) is 5.92 Å². The molecule has 3 rings (SSSR count). The maximum absolute atomic E-state index is 5.74. The molecule has 2 heterocycles. The van der Waals surface area contributed by atoms with Gasteiger partial charge in [0, 0.05) is 18.7 Å². The summed E-state index contributed by atoms with van der Waals surface area (Å²) in [6.45, 7) is 6.97. The first-order chi connectivity index (χ1) is 10.2. The third-order valence-corrected chi connectivity index (χ3v) is 4.35. The van der Waals surface area contributed by atoms with Crippen LogP contribution in [0.2, 0.25) is 0 Å². The average molecular weight is 285 g/mol. The zero-order chi connectivity index (χ0) is 14.8. The Morgan fingerprint density at radius 1 is 1.29 bits per heavy atom. The van der Waals surface area contributed by atoms with E-state index >= 15 is 0 Å². The zero-order valence-corrected chi connectivity index (χ0v) is 12.8. The van der Waals surface area contributed by atoms with E-state index in [1.54, 1.807) is 0 Å². The fourth-order valence-corrected chi connectivity index (χ4v) is 2.87. The number of piperidine rings is 1. The van der Waals surface area contributed by atoms with Crippen molar-refractivity contribution in [3.63, 3.8) is 0 Å². The Morgan fingerprint density at radius 3 is 2.76 bits per heavy atom. The molecule has 3 N–H and O–H groups in total. The van der Waals surface area contributed by atoms with Crippen molar-refractivity contribution in [2.45, 2.75) is 26.7 Å². The summed E-state index contributed by atoms with van der Waals surface area (Å²) in [6.07, 6.45) is 2.26. The minimum Gasteiger partial charge on any atom is -0.340 e. The standard InChI is InChI=1S/C16H23N5/c1-11-3-4-12(2)14(9-11)15-18-16(20-19-15)21-7-5-13(10-17)6-8-21/h3-4,9,13H,5-8,10,17H2,1-2H3,(H,18,19,20). The van der Waals surface area contributed by atoms with E-state index in [9.17, 15) is 0 Å². The number of hydrogen-bond donors (Lipinski definition) is 2. The smallest absolute Gasteiger partial charge is 0.245 e. The predicted molar refractivity (Wildman–Crippen MR) is 85.3 cm³/mol. The summed E-state index contributed by atoms with van der Waals surface area (Å²) in [7, 11) is 0. The topological polar surface area (TPSA) is 70.8 Å². The lowest BCUT2D eigenvalue weighted by Crippen LogP contribution is -2.36. The SMILES string of the molecule is Cc1ccc(C)c(-c2nc(N3CCC(CN)CC3)n[nH]2)c1. The molecule has 1 aromatic heterocycles. The highest BCUT2D eigenvalue weighted by Crippen LogP contribution is 2.25. The molecule has 0 bridgehead atoms. The van der Waals surface area contributed by atoms with Gasteiger partial charge in [-0.2, -0.15) is 4.98 Å². The van der Waals surface area contributed by atoms with Crippen molar-refractivity contribution in [1.29, 1.82) is 0 Å². The predicted octanol–water partition coefficient (Wildman–Crippen LogP) is 2.26. The number of aryl methyl sites for hydroxylation is 2. The van der Waals surface area contributed by atoms with Crippen molar-refractivity contribution in [2.75, 3.05) is 24.5 Å². The van der Waals surface area contributed by atoms with Crippen LogP contribution in [0.25, 0.3) is 11.4 Å². The van der Waals surface area contributed by atoms with E-state index in [2.05, 4.69) is 52.1 Å². The van der Waals surface area contributed by atoms with E-state index in [-0.39, 0.29) is 0 Å². The molecular formula is C16H23N5. The third-order valence-electron chi connectivity index (χ3n) is 4.35. The number of nitrogens with two attached hydrogens (primary N) is 1. The molecule has 5 nitrogen and oxygen atoms in total. The molecule has 0 radical (unpaired) electrons. The van der Waals surface area contributed by atoms with Crippen molar-refractivity contribution < 1.29 is 0 Å². The van der Waals surface area contributed by atoms with Crippen molar-refractivity contribution in [3.8, 4) is 11.4 Å². The van der Waals surface area contributed by atoms with E-state index in [1.165, 1.54) is 11.1 Å². The van der Waals surface area contributed by atoms with Crippen LogP contribution in [0, 0.1) is 19.8 Å². The number of hydrogen-bond acceptors (Lipinski definition) is 4. The van der Waals surface area contributed by atoms with Crippen LogP contribution in [-0.4, -0.2) is 34.8 Å². The lowest BCUT2D eigenvalue weighted by molar-refractivity contribution is 0.411. The molecule has 112 valence electrons. The van der Waals surface area contributed by atoms with Crippen LogP contribution in [0.5, 0.6) is 0 Å². The van der Waals surface area contributed by atoms with Gasteiger partial charge in [-0.1, -0.05) is 17.7 Å². The first kappa shape index (κ1) is 14.1. The van der Waals surface area contributed by atoms with E-state index in [4.69, 9.17) is 5.73 Å².